The first kappa shape index (κ1) is 15.8. The zero-order valence-electron chi connectivity index (χ0n) is 10.4. The lowest BCUT2D eigenvalue weighted by atomic mass is 9.97. The zero-order valence-corrected chi connectivity index (χ0v) is 10.4. The van der Waals surface area contributed by atoms with Crippen molar-refractivity contribution in [3.8, 4) is 0 Å². The Balaban J connectivity index is 4.45. The van der Waals surface area contributed by atoms with Crippen LogP contribution in [0.2, 0.25) is 0 Å². The number of hydrogen-bond donors (Lipinski definition) is 5. The van der Waals surface area contributed by atoms with Crippen LogP contribution in [-0.2, 0) is 4.79 Å². The minimum Gasteiger partial charge on any atom is -0.394 e. The van der Waals surface area contributed by atoms with Gasteiger partial charge in [-0.2, -0.15) is 0 Å². The van der Waals surface area contributed by atoms with Gasteiger partial charge >= 0.3 is 6.03 Å². The third kappa shape index (κ3) is 4.68. The van der Waals surface area contributed by atoms with Crippen molar-refractivity contribution in [2.45, 2.75) is 31.8 Å². The van der Waals surface area contributed by atoms with Gasteiger partial charge < -0.3 is 15.5 Å². The van der Waals surface area contributed by atoms with Gasteiger partial charge in [-0.25, -0.2) is 4.79 Å². The Morgan fingerprint density at radius 2 is 1.82 bits per heavy atom. The van der Waals surface area contributed by atoms with Crippen LogP contribution in [-0.4, -0.2) is 54.0 Å². The third-order valence-corrected chi connectivity index (χ3v) is 2.66. The fourth-order valence-corrected chi connectivity index (χ4v) is 1.27. The maximum absolute atomic E-state index is 11.5. The molecule has 3 amide bonds. The summed E-state index contributed by atoms with van der Waals surface area (Å²) in [7, 11) is 1.40. The highest BCUT2D eigenvalue weighted by Gasteiger charge is 2.30. The van der Waals surface area contributed by atoms with Crippen molar-refractivity contribution >= 4 is 11.9 Å². The molecule has 7 nitrogen and oxygen atoms in total. The molecule has 0 aliphatic rings. The molecule has 0 radical (unpaired) electrons. The van der Waals surface area contributed by atoms with E-state index < -0.39 is 23.5 Å². The summed E-state index contributed by atoms with van der Waals surface area (Å²) in [5, 5.41) is 25.6. The smallest absolute Gasteiger partial charge is 0.321 e. The fraction of sp³-hybridized carbons (Fsp3) is 0.800. The van der Waals surface area contributed by atoms with Gasteiger partial charge in [0.25, 0.3) is 0 Å². The van der Waals surface area contributed by atoms with Crippen LogP contribution in [0, 0.1) is 0 Å². The first-order valence-electron chi connectivity index (χ1n) is 5.46. The lowest BCUT2D eigenvalue weighted by Crippen LogP contribution is -2.59. The number of hydrogen-bond acceptors (Lipinski definition) is 5. The Labute approximate surface area is 101 Å². The quantitative estimate of drug-likeness (QED) is 0.394. The predicted octanol–water partition coefficient (Wildman–Crippen LogP) is -1.45. The van der Waals surface area contributed by atoms with Crippen LogP contribution >= 0.6 is 0 Å². The molecule has 1 unspecified atom stereocenters. The lowest BCUT2D eigenvalue weighted by Gasteiger charge is -2.32. The van der Waals surface area contributed by atoms with E-state index in [1.165, 1.54) is 7.05 Å². The summed E-state index contributed by atoms with van der Waals surface area (Å²) < 4.78 is 0. The monoisotopic (exact) mass is 247 g/mol. The highest BCUT2D eigenvalue weighted by atomic mass is 16.3. The average molecular weight is 247 g/mol. The molecule has 0 aromatic carbocycles. The van der Waals surface area contributed by atoms with Crippen LogP contribution in [0.25, 0.3) is 0 Å². The van der Waals surface area contributed by atoms with E-state index in [-0.39, 0.29) is 13.2 Å². The van der Waals surface area contributed by atoms with Gasteiger partial charge in [-0.3, -0.25) is 15.4 Å². The Morgan fingerprint density at radius 3 is 2.18 bits per heavy atom. The normalized spacial score (nSPS) is 13.0. The lowest BCUT2D eigenvalue weighted by molar-refractivity contribution is -0.122. The standard InChI is InChI=1S/C10H21N3O4/c1-4-10(5-14,6-15)13-7(2)8(16)12-9(17)11-3/h7,13-15H,4-6H2,1-3H3,(H2,11,12,16,17). The van der Waals surface area contributed by atoms with Crippen LogP contribution < -0.4 is 16.0 Å². The molecule has 0 aromatic heterocycles. The van der Waals surface area contributed by atoms with Crippen LogP contribution in [0.1, 0.15) is 20.3 Å². The van der Waals surface area contributed by atoms with Crippen molar-refractivity contribution in [1.29, 1.82) is 0 Å². The van der Waals surface area contributed by atoms with Gasteiger partial charge in [0.15, 0.2) is 0 Å². The number of imide groups is 1. The van der Waals surface area contributed by atoms with Crippen LogP contribution in [0.4, 0.5) is 4.79 Å². The molecule has 0 rings (SSSR count). The van der Waals surface area contributed by atoms with Gasteiger partial charge in [-0.1, -0.05) is 6.92 Å². The number of carbonyl (C=O) groups excluding carboxylic acids is 2. The topological polar surface area (TPSA) is 111 Å². The largest absolute Gasteiger partial charge is 0.394 e. The fourth-order valence-electron chi connectivity index (χ4n) is 1.27. The van der Waals surface area contributed by atoms with Gasteiger partial charge in [-0.05, 0) is 13.3 Å². The Kier molecular flexibility index (Phi) is 6.71. The number of rotatable bonds is 6. The van der Waals surface area contributed by atoms with E-state index in [2.05, 4.69) is 16.0 Å². The molecule has 0 spiro atoms. The molecule has 0 aromatic rings. The number of aliphatic hydroxyl groups is 2. The van der Waals surface area contributed by atoms with E-state index in [1.807, 2.05) is 0 Å². The molecule has 0 aliphatic carbocycles. The predicted molar refractivity (Wildman–Crippen MR) is 62.4 cm³/mol. The summed E-state index contributed by atoms with van der Waals surface area (Å²) in [6, 6.07) is -1.30. The summed E-state index contributed by atoms with van der Waals surface area (Å²) >= 11 is 0. The molecular weight excluding hydrogens is 226 g/mol. The molecule has 17 heavy (non-hydrogen) atoms. The Hall–Kier alpha value is -1.18. The molecule has 0 saturated carbocycles. The van der Waals surface area contributed by atoms with E-state index in [4.69, 9.17) is 0 Å². The SMILES string of the molecule is CCC(CO)(CO)NC(C)C(=O)NC(=O)NC. The van der Waals surface area contributed by atoms with Gasteiger partial charge in [0.05, 0.1) is 24.8 Å². The summed E-state index contributed by atoms with van der Waals surface area (Å²) in [4.78, 5) is 22.5. The molecule has 5 N–H and O–H groups in total. The molecule has 0 heterocycles. The highest BCUT2D eigenvalue weighted by Crippen LogP contribution is 2.09. The van der Waals surface area contributed by atoms with E-state index >= 15 is 0 Å². The minimum absolute atomic E-state index is 0.294. The number of nitrogens with one attached hydrogen (secondary N) is 3. The maximum Gasteiger partial charge on any atom is 0.321 e. The van der Waals surface area contributed by atoms with Gasteiger partial charge in [-0.15, -0.1) is 0 Å². The second-order valence-electron chi connectivity index (χ2n) is 3.88. The van der Waals surface area contributed by atoms with Crippen molar-refractivity contribution in [3.05, 3.63) is 0 Å². The third-order valence-electron chi connectivity index (χ3n) is 2.66. The average Bonchev–Trinajstić information content (AvgIpc) is 2.35. The van der Waals surface area contributed by atoms with Crippen LogP contribution in [0.15, 0.2) is 0 Å². The molecule has 100 valence electrons. The number of amides is 3. The van der Waals surface area contributed by atoms with Crippen molar-refractivity contribution in [2.24, 2.45) is 0 Å². The first-order chi connectivity index (χ1) is 7.94. The van der Waals surface area contributed by atoms with Crippen molar-refractivity contribution < 1.29 is 19.8 Å². The van der Waals surface area contributed by atoms with E-state index in [1.54, 1.807) is 13.8 Å². The highest BCUT2D eigenvalue weighted by molar-refractivity contribution is 5.96. The molecule has 0 saturated heterocycles. The summed E-state index contributed by atoms with van der Waals surface area (Å²) in [5.41, 5.74) is -0.917. The summed E-state index contributed by atoms with van der Waals surface area (Å²) in [6.45, 7) is 2.74. The number of aliphatic hydroxyl groups excluding tert-OH is 2. The van der Waals surface area contributed by atoms with Crippen LogP contribution in [0.5, 0.6) is 0 Å². The van der Waals surface area contributed by atoms with E-state index in [0.29, 0.717) is 6.42 Å². The van der Waals surface area contributed by atoms with Crippen molar-refractivity contribution in [1.82, 2.24) is 16.0 Å². The van der Waals surface area contributed by atoms with E-state index in [9.17, 15) is 19.8 Å². The maximum atomic E-state index is 11.5. The van der Waals surface area contributed by atoms with Gasteiger partial charge in [0, 0.05) is 7.05 Å². The second-order valence-corrected chi connectivity index (χ2v) is 3.88. The Morgan fingerprint density at radius 1 is 1.29 bits per heavy atom. The first-order valence-corrected chi connectivity index (χ1v) is 5.46. The van der Waals surface area contributed by atoms with Crippen molar-refractivity contribution in [3.63, 3.8) is 0 Å². The summed E-state index contributed by atoms with van der Waals surface area (Å²) in [6.07, 6.45) is 0.456. The number of carbonyl (C=O) groups is 2. The molecule has 0 aliphatic heterocycles. The van der Waals surface area contributed by atoms with Gasteiger partial charge in [0.2, 0.25) is 5.91 Å². The summed E-state index contributed by atoms with van der Waals surface area (Å²) in [5.74, 6) is -0.524. The second kappa shape index (κ2) is 7.21. The van der Waals surface area contributed by atoms with E-state index in [0.717, 1.165) is 0 Å². The zero-order chi connectivity index (χ0) is 13.5. The van der Waals surface area contributed by atoms with Gasteiger partial charge in [0.1, 0.15) is 0 Å². The van der Waals surface area contributed by atoms with Crippen LogP contribution in [0.3, 0.4) is 0 Å². The molecule has 1 atom stereocenters. The van der Waals surface area contributed by atoms with Crippen molar-refractivity contribution in [2.75, 3.05) is 20.3 Å². The number of urea groups is 1. The molecular formula is C10H21N3O4. The molecule has 0 fully saturated rings. The molecule has 7 heteroatoms. The minimum atomic E-state index is -0.917. The molecule has 0 bridgehead atoms. The Bertz CT molecular complexity index is 258.